The van der Waals surface area contributed by atoms with Gasteiger partial charge in [-0.2, -0.15) is 0 Å². The summed E-state index contributed by atoms with van der Waals surface area (Å²) < 4.78 is 6.48. The first-order valence-electron chi connectivity index (χ1n) is 8.28. The van der Waals surface area contributed by atoms with Crippen LogP contribution < -0.4 is 0 Å². The van der Waals surface area contributed by atoms with Gasteiger partial charge in [0, 0.05) is 12.0 Å². The summed E-state index contributed by atoms with van der Waals surface area (Å²) in [5, 5.41) is 10.6. The van der Waals surface area contributed by atoms with Gasteiger partial charge in [0.05, 0.1) is 5.60 Å². The van der Waals surface area contributed by atoms with Crippen LogP contribution in [0.25, 0.3) is 0 Å². The van der Waals surface area contributed by atoms with E-state index in [-0.39, 0.29) is 10.5 Å². The molecule has 0 aliphatic heterocycles. The molecule has 0 saturated carbocycles. The van der Waals surface area contributed by atoms with Crippen LogP contribution in [0.2, 0.25) is 18.1 Å². The van der Waals surface area contributed by atoms with E-state index < -0.39 is 13.9 Å². The Morgan fingerprint density at radius 2 is 1.81 bits per heavy atom. The Morgan fingerprint density at radius 3 is 2.24 bits per heavy atom. The van der Waals surface area contributed by atoms with Gasteiger partial charge in [-0.1, -0.05) is 40.7 Å². The predicted octanol–water partition coefficient (Wildman–Crippen LogP) is 5.14. The third-order valence-corrected chi connectivity index (χ3v) is 10.3. The van der Waals surface area contributed by atoms with E-state index in [9.17, 15) is 5.11 Å². The molecule has 21 heavy (non-hydrogen) atoms. The van der Waals surface area contributed by atoms with Crippen LogP contribution in [0.5, 0.6) is 0 Å². The van der Waals surface area contributed by atoms with Crippen LogP contribution in [-0.2, 0) is 4.43 Å². The van der Waals surface area contributed by atoms with Gasteiger partial charge in [-0.15, -0.1) is 0 Å². The molecule has 3 heteroatoms. The van der Waals surface area contributed by atoms with Crippen molar-refractivity contribution in [1.82, 2.24) is 0 Å². The number of hydrogen-bond donors (Lipinski definition) is 1. The minimum Gasteiger partial charge on any atom is -0.416 e. The summed E-state index contributed by atoms with van der Waals surface area (Å²) in [6.07, 6.45) is 4.43. The van der Waals surface area contributed by atoms with Crippen molar-refractivity contribution in [1.29, 1.82) is 0 Å². The highest BCUT2D eigenvalue weighted by molar-refractivity contribution is 6.74. The minimum absolute atomic E-state index is 0.0309. The fourth-order valence-electron chi connectivity index (χ4n) is 2.53. The number of aliphatic hydroxyl groups is 1. The minimum atomic E-state index is -1.73. The highest BCUT2D eigenvalue weighted by Crippen LogP contribution is 2.44. The van der Waals surface area contributed by atoms with Crippen molar-refractivity contribution in [3.05, 3.63) is 11.6 Å². The lowest BCUT2D eigenvalue weighted by Gasteiger charge is -2.44. The summed E-state index contributed by atoms with van der Waals surface area (Å²) in [7, 11) is -1.73. The van der Waals surface area contributed by atoms with E-state index in [1.165, 1.54) is 5.57 Å². The van der Waals surface area contributed by atoms with Gasteiger partial charge >= 0.3 is 0 Å². The standard InChI is InChI=1S/C18H36O2Si/c1-14-10-11-15(17(5,6)19)12-18(14,7)13-20-21(8,9)16(2,3)4/h12,14,19H,10-11,13H2,1-9H3/t14-,18-/m1/s1. The molecular weight excluding hydrogens is 276 g/mol. The molecule has 0 radical (unpaired) electrons. The van der Waals surface area contributed by atoms with Gasteiger partial charge in [0.25, 0.3) is 0 Å². The molecule has 1 N–H and O–H groups in total. The molecule has 1 aliphatic rings. The summed E-state index contributed by atoms with van der Waals surface area (Å²) in [4.78, 5) is 0. The molecule has 1 rings (SSSR count). The molecule has 2 atom stereocenters. The second kappa shape index (κ2) is 5.82. The highest BCUT2D eigenvalue weighted by Gasteiger charge is 2.41. The maximum absolute atomic E-state index is 10.3. The normalized spacial score (nSPS) is 28.5. The molecule has 0 fully saturated rings. The van der Waals surface area contributed by atoms with Gasteiger partial charge in [-0.3, -0.25) is 0 Å². The Labute approximate surface area is 133 Å². The topological polar surface area (TPSA) is 29.5 Å². The lowest BCUT2D eigenvalue weighted by Crippen LogP contribution is -2.45. The van der Waals surface area contributed by atoms with Crippen LogP contribution in [-0.4, -0.2) is 25.6 Å². The average molecular weight is 313 g/mol. The summed E-state index contributed by atoms with van der Waals surface area (Å²) in [5.41, 5.74) is 0.489. The first-order chi connectivity index (χ1) is 9.19. The van der Waals surface area contributed by atoms with Crippen molar-refractivity contribution >= 4 is 8.32 Å². The van der Waals surface area contributed by atoms with Crippen molar-refractivity contribution in [2.75, 3.05) is 6.61 Å². The maximum atomic E-state index is 10.3. The van der Waals surface area contributed by atoms with Gasteiger partial charge in [0.15, 0.2) is 8.32 Å². The van der Waals surface area contributed by atoms with Gasteiger partial charge < -0.3 is 9.53 Å². The van der Waals surface area contributed by atoms with Crippen LogP contribution >= 0.6 is 0 Å². The van der Waals surface area contributed by atoms with E-state index in [2.05, 4.69) is 53.8 Å². The van der Waals surface area contributed by atoms with E-state index in [4.69, 9.17) is 4.43 Å². The smallest absolute Gasteiger partial charge is 0.192 e. The largest absolute Gasteiger partial charge is 0.416 e. The predicted molar refractivity (Wildman–Crippen MR) is 94.0 cm³/mol. The average Bonchev–Trinajstić information content (AvgIpc) is 2.28. The molecule has 0 spiro atoms. The molecule has 0 unspecified atom stereocenters. The molecule has 0 bridgehead atoms. The molecule has 2 nitrogen and oxygen atoms in total. The number of hydrogen-bond acceptors (Lipinski definition) is 2. The molecule has 0 amide bonds. The van der Waals surface area contributed by atoms with E-state index >= 15 is 0 Å². The second-order valence-corrected chi connectivity index (χ2v) is 14.0. The van der Waals surface area contributed by atoms with Crippen LogP contribution in [0.3, 0.4) is 0 Å². The fraction of sp³-hybridized carbons (Fsp3) is 0.889. The van der Waals surface area contributed by atoms with Gasteiger partial charge in [0.2, 0.25) is 0 Å². The Morgan fingerprint density at radius 1 is 1.29 bits per heavy atom. The van der Waals surface area contributed by atoms with Crippen molar-refractivity contribution in [3.8, 4) is 0 Å². The lowest BCUT2D eigenvalue weighted by molar-refractivity contribution is 0.0867. The number of rotatable bonds is 4. The Hall–Kier alpha value is -0.123. The summed E-state index contributed by atoms with van der Waals surface area (Å²) in [6.45, 7) is 20.6. The van der Waals surface area contributed by atoms with Crippen LogP contribution in [0.4, 0.5) is 0 Å². The molecule has 1 aliphatic carbocycles. The second-order valence-electron chi connectivity index (χ2n) is 9.22. The van der Waals surface area contributed by atoms with E-state index in [0.717, 1.165) is 19.4 Å². The Balaban J connectivity index is 2.93. The molecule has 0 aromatic rings. The van der Waals surface area contributed by atoms with Crippen molar-refractivity contribution < 1.29 is 9.53 Å². The summed E-state index contributed by atoms with van der Waals surface area (Å²) in [6, 6.07) is 0. The summed E-state index contributed by atoms with van der Waals surface area (Å²) >= 11 is 0. The van der Waals surface area contributed by atoms with Crippen molar-refractivity contribution in [3.63, 3.8) is 0 Å². The quantitative estimate of drug-likeness (QED) is 0.575. The van der Waals surface area contributed by atoms with Gasteiger partial charge in [0.1, 0.15) is 0 Å². The first kappa shape index (κ1) is 18.9. The maximum Gasteiger partial charge on any atom is 0.192 e. The van der Waals surface area contributed by atoms with Crippen molar-refractivity contribution in [2.24, 2.45) is 11.3 Å². The third kappa shape index (κ3) is 4.43. The highest BCUT2D eigenvalue weighted by atomic mass is 28.4. The Kier molecular flexibility index (Phi) is 5.25. The van der Waals surface area contributed by atoms with Crippen LogP contribution in [0.1, 0.15) is 61.3 Å². The van der Waals surface area contributed by atoms with Crippen LogP contribution in [0, 0.1) is 11.3 Å². The monoisotopic (exact) mass is 312 g/mol. The molecule has 124 valence electrons. The lowest BCUT2D eigenvalue weighted by atomic mass is 9.68. The molecule has 0 aromatic heterocycles. The zero-order valence-corrected chi connectivity index (χ0v) is 16.6. The van der Waals surface area contributed by atoms with Crippen molar-refractivity contribution in [2.45, 2.75) is 85.0 Å². The molecular formula is C18H36O2Si. The van der Waals surface area contributed by atoms with Gasteiger partial charge in [-0.05, 0) is 56.3 Å². The fourth-order valence-corrected chi connectivity index (χ4v) is 3.64. The molecule has 0 heterocycles. The third-order valence-electron chi connectivity index (χ3n) is 5.81. The van der Waals surface area contributed by atoms with E-state index in [1.807, 2.05) is 13.8 Å². The molecule has 0 aromatic carbocycles. The molecule has 0 saturated heterocycles. The zero-order chi connectivity index (χ0) is 16.7. The zero-order valence-electron chi connectivity index (χ0n) is 15.6. The van der Waals surface area contributed by atoms with E-state index in [1.54, 1.807) is 0 Å². The van der Waals surface area contributed by atoms with E-state index in [0.29, 0.717) is 5.92 Å². The van der Waals surface area contributed by atoms with Gasteiger partial charge in [-0.25, -0.2) is 0 Å². The summed E-state index contributed by atoms with van der Waals surface area (Å²) in [5.74, 6) is 0.591. The first-order valence-corrected chi connectivity index (χ1v) is 11.2. The SMILES string of the molecule is C[C@@H]1CCC(C(C)(C)O)=C[C@]1(C)CO[Si](C)(C)C(C)(C)C. The van der Waals surface area contributed by atoms with Crippen LogP contribution in [0.15, 0.2) is 11.6 Å². The Bertz CT molecular complexity index is 398.